The average molecular weight is 1430 g/mol. The monoisotopic (exact) mass is 1430 g/mol. The van der Waals surface area contributed by atoms with Crippen LogP contribution in [-0.4, -0.2) is 16.1 Å². The fraction of sp³-hybridized carbons (Fsp3) is 0.737. The molecule has 10 aliphatic carbocycles. The molecule has 3 unspecified atom stereocenters. The van der Waals surface area contributed by atoms with Crippen LogP contribution in [0.1, 0.15) is 332 Å². The first-order valence-electron chi connectivity index (χ1n) is 40.7. The van der Waals surface area contributed by atoms with Gasteiger partial charge in [0.05, 0.1) is 0 Å². The maximum atomic E-state index is 4.84. The SMILES string of the molecule is C.C#CC.C#CC#CC#CC#CC#CC.C=CC.CC.CC(C)(C)C.CC(C)C.CC12CC3CC(CC(C3)C1)C2.CC1C2CC3CC(C2)CC1C3.CC1CC2CCC1C2.CCC.CCC(C)(C)C.CCCC(C)(C)C.CC[Si](C)(C)C.CCc1ccccc1.C[Si](C)(C)C.Cc1ccccc1.[HH].[HH].[HH]. The lowest BCUT2D eigenvalue weighted by molar-refractivity contribution is -0.0411. The van der Waals surface area contributed by atoms with Crippen LogP contribution in [0.3, 0.4) is 0 Å². The summed E-state index contributed by atoms with van der Waals surface area (Å²) >= 11 is 0. The van der Waals surface area contributed by atoms with Gasteiger partial charge in [-0.1, -0.05) is 329 Å². The maximum absolute atomic E-state index is 4.84. The van der Waals surface area contributed by atoms with Crippen LogP contribution in [0.15, 0.2) is 73.3 Å². The van der Waals surface area contributed by atoms with Crippen molar-refractivity contribution in [3.05, 3.63) is 84.4 Å². The topological polar surface area (TPSA) is 0 Å². The highest BCUT2D eigenvalue weighted by Crippen LogP contribution is 2.60. The molecule has 2 aromatic rings. The fourth-order valence-electron chi connectivity index (χ4n) is 13.6. The zero-order valence-electron chi connectivity index (χ0n) is 74.0. The van der Waals surface area contributed by atoms with E-state index in [2.05, 4.69) is 314 Å². The summed E-state index contributed by atoms with van der Waals surface area (Å²) in [5.41, 5.74) is 5.12. The van der Waals surface area contributed by atoms with Gasteiger partial charge in [0.2, 0.25) is 0 Å². The molecule has 0 aliphatic heterocycles. The van der Waals surface area contributed by atoms with Crippen molar-refractivity contribution in [2.75, 3.05) is 0 Å². The second-order valence-electron chi connectivity index (χ2n) is 37.7. The quantitative estimate of drug-likeness (QED) is 0.163. The van der Waals surface area contributed by atoms with E-state index >= 15 is 0 Å². The highest BCUT2D eigenvalue weighted by atomic mass is 28.3. The molecule has 10 fully saturated rings. The van der Waals surface area contributed by atoms with Gasteiger partial charge in [-0.25, -0.2) is 0 Å². The van der Waals surface area contributed by atoms with Gasteiger partial charge < -0.3 is 0 Å². The van der Waals surface area contributed by atoms with Crippen LogP contribution in [0.4, 0.5) is 0 Å². The predicted octanol–water partition coefficient (Wildman–Crippen LogP) is 32.6. The summed E-state index contributed by atoms with van der Waals surface area (Å²) in [5, 5.41) is 0. The van der Waals surface area contributed by atoms with Crippen LogP contribution in [0.5, 0.6) is 0 Å². The second-order valence-corrected chi connectivity index (χ2v) is 49.5. The highest BCUT2D eigenvalue weighted by Gasteiger charge is 2.48. The summed E-state index contributed by atoms with van der Waals surface area (Å²) in [6, 6.07) is 22.1. The Hall–Kier alpha value is -4.03. The second kappa shape index (κ2) is 64.4. The Morgan fingerprint density at radius 2 is 0.861 bits per heavy atom. The highest BCUT2D eigenvalue weighted by molar-refractivity contribution is 6.76. The molecule has 0 saturated heterocycles. The first-order chi connectivity index (χ1) is 46.3. The molecule has 3 atom stereocenters. The third-order valence-electron chi connectivity index (χ3n) is 18.0. The van der Waals surface area contributed by atoms with Crippen molar-refractivity contribution in [1.29, 1.82) is 0 Å². The Morgan fingerprint density at radius 1 is 0.554 bits per heavy atom. The van der Waals surface area contributed by atoms with E-state index < -0.39 is 16.1 Å². The fourth-order valence-corrected chi connectivity index (χ4v) is 13.6. The van der Waals surface area contributed by atoms with Gasteiger partial charge in [0.25, 0.3) is 0 Å². The van der Waals surface area contributed by atoms with E-state index in [0.717, 1.165) is 82.9 Å². The van der Waals surface area contributed by atoms with Gasteiger partial charge in [-0.05, 0) is 276 Å². The minimum Gasteiger partial charge on any atom is -0.120 e. The van der Waals surface area contributed by atoms with Crippen LogP contribution < -0.4 is 0 Å². The number of benzene rings is 2. The summed E-state index contributed by atoms with van der Waals surface area (Å²) in [7, 11) is -1.24. The molecule has 2 heteroatoms. The summed E-state index contributed by atoms with van der Waals surface area (Å²) in [4.78, 5) is 0. The molecule has 0 radical (unpaired) electrons. The van der Waals surface area contributed by atoms with E-state index in [1.807, 2.05) is 45.0 Å². The summed E-state index contributed by atoms with van der Waals surface area (Å²) in [6.07, 6.45) is 41.2. The summed E-state index contributed by atoms with van der Waals surface area (Å²) in [6.45, 7) is 80.5. The van der Waals surface area contributed by atoms with E-state index in [1.54, 1.807) is 116 Å². The molecule has 0 spiro atoms. The zero-order chi connectivity index (χ0) is 78.8. The minimum absolute atomic E-state index is 0. The van der Waals surface area contributed by atoms with Crippen LogP contribution in [0, 0.1) is 172 Å². The smallest absolute Gasteiger partial charge is 0.0439 e. The molecule has 10 aliphatic rings. The number of hydrogen-bond acceptors (Lipinski definition) is 0. The Morgan fingerprint density at radius 3 is 1.05 bits per heavy atom. The number of hydrogen-bond donors (Lipinski definition) is 0. The van der Waals surface area contributed by atoms with Crippen LogP contribution in [-0.2, 0) is 6.42 Å². The van der Waals surface area contributed by atoms with Gasteiger partial charge in [-0.2, -0.15) is 0 Å². The molecule has 12 rings (SSSR count). The van der Waals surface area contributed by atoms with E-state index in [-0.39, 0.29) is 11.7 Å². The van der Waals surface area contributed by atoms with Gasteiger partial charge in [0, 0.05) is 20.4 Å². The molecule has 10 bridgehead atoms. The molecule has 0 amide bonds. The van der Waals surface area contributed by atoms with Crippen molar-refractivity contribution in [2.24, 2.45) is 92.7 Å². The molecular formula is C99H184Si2. The van der Waals surface area contributed by atoms with Gasteiger partial charge in [-0.3, -0.25) is 0 Å². The standard InChI is InChI=1S/2C11H18.C11H4.C8H14.C8H10.C7H8.C7H16.C6H14.C5H14Si.C5H12.C4H12Si.C4H10.C3H8.C3H6.C3H4.C2H6.CH4.3H2/c1-11-5-8-2-9(6-11)4-10(3-8)7-11;1-7-10-3-8-2-9(5-10)6-11(7)4-8;1-3-5-7-9-11-10-8-6-4-2;1-6-4-7-2-3-8(6)5-7;1-2-8-6-4-3-5-7-8;1-7-5-3-2-4-6-7;1-5-6-7(2,3)4;2*1-5-6(2,3)4;2*1-5(2,3)4;1-4(2)3;3*1-3-2;1-2;;;;/h8-10H,2-7H2,1H3;7-11H,2-6H2,1H3;1H,2H3;6-8H,2-5H2,1H3;3-7H,2H2,1H3;2-6H,1H3;5-6H2,1-4H3;2*5H2,1-4H3;2*1-4H3;4H,1-3H3;3H2,1-2H3;3H,1H2,2H3;1H,2H3;1-2H3;1H4;3*1H. The van der Waals surface area contributed by atoms with E-state index in [4.69, 9.17) is 6.42 Å². The third-order valence-corrected chi connectivity index (χ3v) is 20.1. The molecule has 0 heterocycles. The first kappa shape index (κ1) is 110. The number of fused-ring (bicyclic) bond motifs is 2. The Kier molecular flexibility index (Phi) is 70.3. The van der Waals surface area contributed by atoms with Crippen LogP contribution in [0.25, 0.3) is 0 Å². The van der Waals surface area contributed by atoms with E-state index in [1.165, 1.54) is 42.9 Å². The minimum atomic E-state index is -0.631. The maximum Gasteiger partial charge on any atom is 0.0439 e. The Bertz CT molecular complexity index is 2460. The molecule has 0 N–H and O–H groups in total. The van der Waals surface area contributed by atoms with Crippen molar-refractivity contribution in [3.63, 3.8) is 0 Å². The number of aryl methyl sites for hydroxylation is 2. The lowest BCUT2D eigenvalue weighted by atomic mass is 9.50. The summed E-state index contributed by atoms with van der Waals surface area (Å²) in [5.74, 6) is 37.5. The van der Waals surface area contributed by atoms with Crippen molar-refractivity contribution >= 4 is 16.1 Å². The van der Waals surface area contributed by atoms with Gasteiger partial charge in [0.1, 0.15) is 0 Å². The van der Waals surface area contributed by atoms with Crippen molar-refractivity contribution in [2.45, 2.75) is 382 Å². The molecule has 0 nitrogen and oxygen atoms in total. The largest absolute Gasteiger partial charge is 0.120 e. The molecular weight excluding hydrogens is 1250 g/mol. The van der Waals surface area contributed by atoms with E-state index in [9.17, 15) is 0 Å². The molecule has 10 saturated carbocycles. The van der Waals surface area contributed by atoms with Crippen molar-refractivity contribution < 1.29 is 4.28 Å². The number of allylic oxidation sites excluding steroid dienone is 1. The summed E-state index contributed by atoms with van der Waals surface area (Å²) < 4.78 is 0. The molecule has 2 aromatic carbocycles. The predicted molar refractivity (Wildman–Crippen MR) is 483 cm³/mol. The van der Waals surface area contributed by atoms with E-state index in [0.29, 0.717) is 16.2 Å². The van der Waals surface area contributed by atoms with Gasteiger partial charge in [0.15, 0.2) is 0 Å². The Balaban J connectivity index is -0.000000115. The lowest BCUT2D eigenvalue weighted by Crippen LogP contribution is -2.44. The molecule has 101 heavy (non-hydrogen) atoms. The normalized spacial score (nSPS) is 23.3. The molecule has 588 valence electrons. The van der Waals surface area contributed by atoms with Gasteiger partial charge >= 0.3 is 0 Å². The molecule has 0 aromatic heterocycles. The third kappa shape index (κ3) is 78.4. The van der Waals surface area contributed by atoms with Crippen LogP contribution in [0.2, 0.25) is 51.9 Å². The van der Waals surface area contributed by atoms with Crippen molar-refractivity contribution in [3.8, 4) is 72.1 Å². The van der Waals surface area contributed by atoms with Gasteiger partial charge in [-0.15, -0.1) is 25.3 Å². The Labute approximate surface area is 647 Å². The average Bonchev–Trinajstić information content (AvgIpc) is 1.32. The number of rotatable bonds is 3. The zero-order valence-corrected chi connectivity index (χ0v) is 76.0. The van der Waals surface area contributed by atoms with Crippen molar-refractivity contribution in [1.82, 2.24) is 0 Å². The van der Waals surface area contributed by atoms with Crippen LogP contribution >= 0.6 is 0 Å². The lowest BCUT2D eigenvalue weighted by Gasteiger charge is -2.55. The number of terminal acetylenes is 2. The first-order valence-corrected chi connectivity index (χ1v) is 48.4.